The van der Waals surface area contributed by atoms with Crippen LogP contribution in [0.3, 0.4) is 0 Å². The van der Waals surface area contributed by atoms with E-state index < -0.39 is 11.6 Å². The lowest BCUT2D eigenvalue weighted by atomic mass is 9.90. The van der Waals surface area contributed by atoms with Crippen LogP contribution in [0, 0.1) is 21.1 Å². The number of carbonyl (C=O) groups is 1. The molecule has 2 rings (SSSR count). The zero-order valence-corrected chi connectivity index (χ0v) is 14.6. The van der Waals surface area contributed by atoms with E-state index in [-0.39, 0.29) is 29.9 Å². The summed E-state index contributed by atoms with van der Waals surface area (Å²) in [4.78, 5) is 14.0. The molecular formula is C14H18ClF2IN2O. The molecule has 2 N–H and O–H groups in total. The van der Waals surface area contributed by atoms with Crippen LogP contribution < -0.4 is 5.73 Å². The summed E-state index contributed by atoms with van der Waals surface area (Å²) in [5.41, 5.74) is 6.09. The lowest BCUT2D eigenvalue weighted by Crippen LogP contribution is -2.42. The topological polar surface area (TPSA) is 46.3 Å². The monoisotopic (exact) mass is 430 g/mol. The van der Waals surface area contributed by atoms with Crippen molar-refractivity contribution in [2.24, 2.45) is 11.7 Å². The molecule has 0 spiro atoms. The second kappa shape index (κ2) is 7.69. The standard InChI is InChI=1S/C14H17F2IN2O.ClH/c1-8(18)9-2-4-19(5-3-9)14(20)10-6-11(15)12(16)7-13(10)17;/h6-9H,2-5,18H2,1H3;1H. The van der Waals surface area contributed by atoms with Gasteiger partial charge >= 0.3 is 0 Å². The van der Waals surface area contributed by atoms with Gasteiger partial charge in [-0.3, -0.25) is 4.79 Å². The van der Waals surface area contributed by atoms with Crippen molar-refractivity contribution < 1.29 is 13.6 Å². The number of carbonyl (C=O) groups excluding carboxylic acids is 1. The van der Waals surface area contributed by atoms with Gasteiger partial charge in [-0.1, -0.05) is 0 Å². The van der Waals surface area contributed by atoms with Gasteiger partial charge in [0.2, 0.25) is 0 Å². The molecule has 1 amide bonds. The molecular weight excluding hydrogens is 413 g/mol. The minimum Gasteiger partial charge on any atom is -0.339 e. The summed E-state index contributed by atoms with van der Waals surface area (Å²) in [5.74, 6) is -1.74. The number of nitrogens with zero attached hydrogens (tertiary/aromatic N) is 1. The maximum Gasteiger partial charge on any atom is 0.255 e. The maximum atomic E-state index is 13.3. The van der Waals surface area contributed by atoms with Gasteiger partial charge in [-0.2, -0.15) is 0 Å². The summed E-state index contributed by atoms with van der Waals surface area (Å²) >= 11 is 1.85. The maximum absolute atomic E-state index is 13.3. The summed E-state index contributed by atoms with van der Waals surface area (Å²) in [7, 11) is 0. The van der Waals surface area contributed by atoms with Crippen LogP contribution in [0.25, 0.3) is 0 Å². The quantitative estimate of drug-likeness (QED) is 0.579. The SMILES string of the molecule is CC(N)C1CCN(C(=O)c2cc(F)c(F)cc2I)CC1.Cl. The van der Waals surface area contributed by atoms with Crippen LogP contribution in [0.4, 0.5) is 8.78 Å². The van der Waals surface area contributed by atoms with Crippen molar-refractivity contribution in [1.29, 1.82) is 0 Å². The van der Waals surface area contributed by atoms with Crippen molar-refractivity contribution in [3.05, 3.63) is 32.9 Å². The van der Waals surface area contributed by atoms with E-state index in [1.54, 1.807) is 4.90 Å². The Morgan fingerprint density at radius 3 is 2.38 bits per heavy atom. The van der Waals surface area contributed by atoms with E-state index in [4.69, 9.17) is 5.73 Å². The number of piperidine rings is 1. The van der Waals surface area contributed by atoms with E-state index in [9.17, 15) is 13.6 Å². The minimum atomic E-state index is -0.987. The third kappa shape index (κ3) is 4.26. The molecule has 21 heavy (non-hydrogen) atoms. The Labute approximate surface area is 142 Å². The molecule has 0 saturated carbocycles. The largest absolute Gasteiger partial charge is 0.339 e. The van der Waals surface area contributed by atoms with E-state index in [0.29, 0.717) is 22.6 Å². The number of amides is 1. The minimum absolute atomic E-state index is 0. The summed E-state index contributed by atoms with van der Waals surface area (Å²) in [5, 5.41) is 0. The van der Waals surface area contributed by atoms with E-state index in [0.717, 1.165) is 25.0 Å². The number of hydrogen-bond donors (Lipinski definition) is 1. The zero-order valence-electron chi connectivity index (χ0n) is 11.6. The van der Waals surface area contributed by atoms with Gasteiger partial charge in [0.05, 0.1) is 5.56 Å². The third-order valence-corrected chi connectivity index (χ3v) is 4.70. The van der Waals surface area contributed by atoms with Crippen molar-refractivity contribution >= 4 is 40.9 Å². The molecule has 1 saturated heterocycles. The number of rotatable bonds is 2. The highest BCUT2D eigenvalue weighted by Crippen LogP contribution is 2.23. The number of likely N-dealkylation sites (tertiary alicyclic amines) is 1. The van der Waals surface area contributed by atoms with E-state index in [1.165, 1.54) is 0 Å². The molecule has 1 fully saturated rings. The first-order chi connectivity index (χ1) is 9.40. The lowest BCUT2D eigenvalue weighted by molar-refractivity contribution is 0.0679. The summed E-state index contributed by atoms with van der Waals surface area (Å²) in [6, 6.07) is 2.16. The molecule has 1 aromatic carbocycles. The summed E-state index contributed by atoms with van der Waals surface area (Å²) < 4.78 is 26.8. The smallest absolute Gasteiger partial charge is 0.255 e. The average Bonchev–Trinajstić information content (AvgIpc) is 2.42. The molecule has 1 aliphatic rings. The first kappa shape index (κ1) is 18.6. The van der Waals surface area contributed by atoms with Gasteiger partial charge in [-0.25, -0.2) is 8.78 Å². The van der Waals surface area contributed by atoms with Crippen LogP contribution in [0.15, 0.2) is 12.1 Å². The molecule has 1 aliphatic heterocycles. The van der Waals surface area contributed by atoms with Crippen LogP contribution >= 0.6 is 35.0 Å². The van der Waals surface area contributed by atoms with Crippen molar-refractivity contribution in [2.75, 3.05) is 13.1 Å². The number of hydrogen-bond acceptors (Lipinski definition) is 2. The van der Waals surface area contributed by atoms with Gasteiger partial charge in [0, 0.05) is 22.7 Å². The fourth-order valence-electron chi connectivity index (χ4n) is 2.49. The van der Waals surface area contributed by atoms with E-state index >= 15 is 0 Å². The van der Waals surface area contributed by atoms with Gasteiger partial charge in [0.25, 0.3) is 5.91 Å². The van der Waals surface area contributed by atoms with Crippen LogP contribution in [0.2, 0.25) is 0 Å². The van der Waals surface area contributed by atoms with Crippen molar-refractivity contribution in [1.82, 2.24) is 4.90 Å². The van der Waals surface area contributed by atoms with E-state index in [1.807, 2.05) is 29.5 Å². The Bertz CT molecular complexity index is 520. The van der Waals surface area contributed by atoms with Crippen LogP contribution in [0.5, 0.6) is 0 Å². The highest BCUT2D eigenvalue weighted by molar-refractivity contribution is 14.1. The zero-order chi connectivity index (χ0) is 14.9. The molecule has 1 aromatic rings. The predicted octanol–water partition coefficient (Wildman–Crippen LogP) is 3.19. The Hall–Kier alpha value is -0.470. The fourth-order valence-corrected chi connectivity index (χ4v) is 3.14. The molecule has 0 aliphatic carbocycles. The van der Waals surface area contributed by atoms with Gasteiger partial charge in [0.1, 0.15) is 0 Å². The van der Waals surface area contributed by atoms with E-state index in [2.05, 4.69) is 0 Å². The second-order valence-electron chi connectivity index (χ2n) is 5.23. The Morgan fingerprint density at radius 2 is 1.86 bits per heavy atom. The molecule has 0 aromatic heterocycles. The molecule has 118 valence electrons. The Morgan fingerprint density at radius 1 is 1.33 bits per heavy atom. The molecule has 0 radical (unpaired) electrons. The number of halogens is 4. The normalized spacial score (nSPS) is 17.3. The van der Waals surface area contributed by atoms with Crippen LogP contribution in [-0.4, -0.2) is 29.9 Å². The Balaban J connectivity index is 0.00000220. The molecule has 1 atom stereocenters. The van der Waals surface area contributed by atoms with Crippen molar-refractivity contribution in [2.45, 2.75) is 25.8 Å². The predicted molar refractivity (Wildman–Crippen MR) is 88.6 cm³/mol. The summed E-state index contributed by atoms with van der Waals surface area (Å²) in [6.45, 7) is 3.20. The second-order valence-corrected chi connectivity index (χ2v) is 6.40. The molecule has 7 heteroatoms. The van der Waals surface area contributed by atoms with Crippen LogP contribution in [-0.2, 0) is 0 Å². The Kier molecular flexibility index (Phi) is 6.80. The highest BCUT2D eigenvalue weighted by atomic mass is 127. The van der Waals surface area contributed by atoms with Crippen molar-refractivity contribution in [3.63, 3.8) is 0 Å². The molecule has 3 nitrogen and oxygen atoms in total. The number of benzene rings is 1. The lowest BCUT2D eigenvalue weighted by Gasteiger charge is -2.34. The molecule has 1 heterocycles. The highest BCUT2D eigenvalue weighted by Gasteiger charge is 2.27. The summed E-state index contributed by atoms with van der Waals surface area (Å²) in [6.07, 6.45) is 1.70. The number of nitrogens with two attached hydrogens (primary N) is 1. The molecule has 1 unspecified atom stereocenters. The first-order valence-corrected chi connectivity index (χ1v) is 7.67. The van der Waals surface area contributed by atoms with Crippen LogP contribution in [0.1, 0.15) is 30.1 Å². The average molecular weight is 431 g/mol. The first-order valence-electron chi connectivity index (χ1n) is 6.59. The van der Waals surface area contributed by atoms with Gasteiger partial charge in [-0.05, 0) is 60.4 Å². The van der Waals surface area contributed by atoms with Crippen molar-refractivity contribution in [3.8, 4) is 0 Å². The third-order valence-electron chi connectivity index (χ3n) is 3.81. The van der Waals surface area contributed by atoms with Gasteiger partial charge in [0.15, 0.2) is 11.6 Å². The van der Waals surface area contributed by atoms with Gasteiger partial charge in [-0.15, -0.1) is 12.4 Å². The van der Waals surface area contributed by atoms with Gasteiger partial charge < -0.3 is 10.6 Å². The molecule has 0 bridgehead atoms. The fraction of sp³-hybridized carbons (Fsp3) is 0.500.